The van der Waals surface area contributed by atoms with Crippen LogP contribution in [0.3, 0.4) is 0 Å². The molecule has 1 N–H and O–H groups in total. The third kappa shape index (κ3) is 2.72. The second-order valence-corrected chi connectivity index (χ2v) is 6.91. The molecule has 112 valence electrons. The molecule has 4 nitrogen and oxygen atoms in total. The smallest absolute Gasteiger partial charge is 0.228 e. The van der Waals surface area contributed by atoms with Crippen molar-refractivity contribution in [2.45, 2.75) is 45.6 Å². The maximum absolute atomic E-state index is 5.46. The maximum Gasteiger partial charge on any atom is 0.228 e. The summed E-state index contributed by atoms with van der Waals surface area (Å²) in [5, 5.41) is 7.54. The number of aromatic nitrogens is 2. The lowest BCUT2D eigenvalue weighted by Crippen LogP contribution is -2.39. The van der Waals surface area contributed by atoms with Gasteiger partial charge in [-0.25, -0.2) is 0 Å². The minimum atomic E-state index is 0.159. The minimum absolute atomic E-state index is 0.159. The number of benzene rings is 1. The van der Waals surface area contributed by atoms with Crippen molar-refractivity contribution in [3.8, 4) is 0 Å². The van der Waals surface area contributed by atoms with Gasteiger partial charge in [0, 0.05) is 12.5 Å². The molecule has 4 heteroatoms. The third-order valence-corrected chi connectivity index (χ3v) is 4.42. The Bertz CT molecular complexity index is 627. The fourth-order valence-electron chi connectivity index (χ4n) is 3.00. The van der Waals surface area contributed by atoms with Crippen molar-refractivity contribution in [2.75, 3.05) is 7.05 Å². The van der Waals surface area contributed by atoms with Crippen LogP contribution in [0, 0.1) is 5.41 Å². The zero-order valence-corrected chi connectivity index (χ0v) is 13.2. The van der Waals surface area contributed by atoms with E-state index in [1.807, 2.05) is 7.05 Å². The minimum Gasteiger partial charge on any atom is -0.339 e. The lowest BCUT2D eigenvalue weighted by Gasteiger charge is -2.29. The molecule has 0 spiro atoms. The molecule has 0 saturated carbocycles. The van der Waals surface area contributed by atoms with Gasteiger partial charge in [-0.1, -0.05) is 50.2 Å². The Balaban J connectivity index is 1.73. The summed E-state index contributed by atoms with van der Waals surface area (Å²) in [6.07, 6.45) is 1.78. The van der Waals surface area contributed by atoms with Crippen LogP contribution < -0.4 is 5.32 Å². The van der Waals surface area contributed by atoms with Gasteiger partial charge in [-0.05, 0) is 30.0 Å². The Morgan fingerprint density at radius 1 is 1.33 bits per heavy atom. The van der Waals surface area contributed by atoms with Gasteiger partial charge in [0.15, 0.2) is 5.82 Å². The van der Waals surface area contributed by atoms with E-state index in [4.69, 9.17) is 4.52 Å². The first kappa shape index (κ1) is 14.3. The maximum atomic E-state index is 5.46. The molecule has 0 saturated heterocycles. The van der Waals surface area contributed by atoms with E-state index in [0.717, 1.165) is 24.6 Å². The van der Waals surface area contributed by atoms with Crippen LogP contribution in [0.15, 0.2) is 28.8 Å². The van der Waals surface area contributed by atoms with Crippen LogP contribution in [0.2, 0.25) is 0 Å². The van der Waals surface area contributed by atoms with Gasteiger partial charge in [-0.2, -0.15) is 4.98 Å². The van der Waals surface area contributed by atoms with Crippen molar-refractivity contribution in [2.24, 2.45) is 5.41 Å². The number of likely N-dealkylation sites (N-methyl/N-ethyl adjacent to an activating group) is 1. The molecule has 2 unspecified atom stereocenters. The highest BCUT2D eigenvalue weighted by molar-refractivity contribution is 5.43. The fourth-order valence-corrected chi connectivity index (χ4v) is 3.00. The number of hydrogen-bond acceptors (Lipinski definition) is 4. The Morgan fingerprint density at radius 3 is 2.76 bits per heavy atom. The molecular formula is C17H23N3O. The van der Waals surface area contributed by atoms with Gasteiger partial charge in [0.25, 0.3) is 0 Å². The molecule has 1 aliphatic carbocycles. The molecule has 3 rings (SSSR count). The summed E-state index contributed by atoms with van der Waals surface area (Å²) in [5.41, 5.74) is 2.90. The van der Waals surface area contributed by atoms with Crippen LogP contribution >= 0.6 is 0 Å². The third-order valence-electron chi connectivity index (χ3n) is 4.42. The van der Waals surface area contributed by atoms with Crippen molar-refractivity contribution < 1.29 is 4.52 Å². The van der Waals surface area contributed by atoms with Gasteiger partial charge in [0.05, 0.1) is 5.92 Å². The molecule has 2 atom stereocenters. The molecule has 0 bridgehead atoms. The summed E-state index contributed by atoms with van der Waals surface area (Å²) in [6.45, 7) is 6.65. The molecule has 0 fully saturated rings. The van der Waals surface area contributed by atoms with Gasteiger partial charge in [-0.3, -0.25) is 0 Å². The van der Waals surface area contributed by atoms with E-state index in [0.29, 0.717) is 12.0 Å². The summed E-state index contributed by atoms with van der Waals surface area (Å²) < 4.78 is 5.46. The van der Waals surface area contributed by atoms with Crippen molar-refractivity contribution in [3.05, 3.63) is 47.1 Å². The van der Waals surface area contributed by atoms with Gasteiger partial charge >= 0.3 is 0 Å². The molecule has 21 heavy (non-hydrogen) atoms. The van der Waals surface area contributed by atoms with E-state index in [9.17, 15) is 0 Å². The SMILES string of the molecule is CNC(Cc1nc(C2Cc3ccccc32)no1)C(C)(C)C. The fraction of sp³-hybridized carbons (Fsp3) is 0.529. The number of fused-ring (bicyclic) bond motifs is 1. The van der Waals surface area contributed by atoms with E-state index in [1.165, 1.54) is 11.1 Å². The molecule has 1 heterocycles. The molecule has 0 radical (unpaired) electrons. The monoisotopic (exact) mass is 285 g/mol. The van der Waals surface area contributed by atoms with Gasteiger partial charge in [0.1, 0.15) is 0 Å². The van der Waals surface area contributed by atoms with Crippen LogP contribution in [-0.2, 0) is 12.8 Å². The van der Waals surface area contributed by atoms with Gasteiger partial charge in [0.2, 0.25) is 5.89 Å². The quantitative estimate of drug-likeness (QED) is 0.938. The summed E-state index contributed by atoms with van der Waals surface area (Å²) in [4.78, 5) is 4.61. The van der Waals surface area contributed by atoms with Crippen LogP contribution in [-0.4, -0.2) is 23.2 Å². The second kappa shape index (κ2) is 5.26. The van der Waals surface area contributed by atoms with Crippen molar-refractivity contribution in [1.82, 2.24) is 15.5 Å². The standard InChI is InChI=1S/C17H23N3O/c1-17(2,3)14(18-4)10-15-19-16(20-21-15)13-9-11-7-5-6-8-12(11)13/h5-8,13-14,18H,9-10H2,1-4H3. The zero-order chi connectivity index (χ0) is 15.0. The molecule has 1 aromatic heterocycles. The highest BCUT2D eigenvalue weighted by Crippen LogP contribution is 2.38. The molecule has 0 amide bonds. The van der Waals surface area contributed by atoms with Crippen LogP contribution in [0.5, 0.6) is 0 Å². The van der Waals surface area contributed by atoms with Gasteiger partial charge in [-0.15, -0.1) is 0 Å². The summed E-state index contributed by atoms with van der Waals surface area (Å²) >= 11 is 0. The lowest BCUT2D eigenvalue weighted by atomic mass is 9.77. The van der Waals surface area contributed by atoms with E-state index >= 15 is 0 Å². The predicted molar refractivity (Wildman–Crippen MR) is 82.3 cm³/mol. The predicted octanol–water partition coefficient (Wildman–Crippen LogP) is 2.93. The average molecular weight is 285 g/mol. The lowest BCUT2D eigenvalue weighted by molar-refractivity contribution is 0.255. The van der Waals surface area contributed by atoms with Gasteiger partial charge < -0.3 is 9.84 Å². The summed E-state index contributed by atoms with van der Waals surface area (Å²) in [6, 6.07) is 8.80. The average Bonchev–Trinajstić information content (AvgIpc) is 2.84. The first-order valence-corrected chi connectivity index (χ1v) is 7.56. The number of nitrogens with one attached hydrogen (secondary N) is 1. The molecular weight excluding hydrogens is 262 g/mol. The summed E-state index contributed by atoms with van der Waals surface area (Å²) in [7, 11) is 1.98. The normalized spacial score (nSPS) is 19.0. The number of nitrogens with zero attached hydrogens (tertiary/aromatic N) is 2. The van der Waals surface area contributed by atoms with E-state index in [-0.39, 0.29) is 5.41 Å². The van der Waals surface area contributed by atoms with E-state index in [2.05, 4.69) is 60.5 Å². The topological polar surface area (TPSA) is 51.0 Å². The molecule has 0 aliphatic heterocycles. The number of rotatable bonds is 4. The van der Waals surface area contributed by atoms with E-state index < -0.39 is 0 Å². The highest BCUT2D eigenvalue weighted by Gasteiger charge is 2.32. The largest absolute Gasteiger partial charge is 0.339 e. The van der Waals surface area contributed by atoms with Crippen LogP contribution in [0.1, 0.15) is 49.5 Å². The Kier molecular flexibility index (Phi) is 3.57. The highest BCUT2D eigenvalue weighted by atomic mass is 16.5. The van der Waals surface area contributed by atoms with Crippen LogP contribution in [0.25, 0.3) is 0 Å². The molecule has 1 aromatic carbocycles. The van der Waals surface area contributed by atoms with Crippen molar-refractivity contribution >= 4 is 0 Å². The Morgan fingerprint density at radius 2 is 2.10 bits per heavy atom. The Hall–Kier alpha value is -1.68. The first-order chi connectivity index (χ1) is 9.99. The van der Waals surface area contributed by atoms with Crippen molar-refractivity contribution in [3.63, 3.8) is 0 Å². The molecule has 2 aromatic rings. The zero-order valence-electron chi connectivity index (χ0n) is 13.2. The van der Waals surface area contributed by atoms with Crippen LogP contribution in [0.4, 0.5) is 0 Å². The number of hydrogen-bond donors (Lipinski definition) is 1. The van der Waals surface area contributed by atoms with E-state index in [1.54, 1.807) is 0 Å². The van der Waals surface area contributed by atoms with Crippen molar-refractivity contribution in [1.29, 1.82) is 0 Å². The first-order valence-electron chi connectivity index (χ1n) is 7.56. The summed E-state index contributed by atoms with van der Waals surface area (Å²) in [5.74, 6) is 1.86. The molecule has 1 aliphatic rings. The Labute approximate surface area is 126 Å². The second-order valence-electron chi connectivity index (χ2n) is 6.91.